The highest BCUT2D eigenvalue weighted by Gasteiger charge is 2.29. The molecule has 0 fully saturated rings. The Balaban J connectivity index is 3.71. The van der Waals surface area contributed by atoms with Crippen molar-refractivity contribution in [2.45, 2.75) is 71.1 Å². The van der Waals surface area contributed by atoms with Crippen LogP contribution in [0.4, 0.5) is 13.2 Å². The number of nitrogens with one attached hydrogen (secondary N) is 1. The maximum Gasteiger partial charge on any atom is 0.422 e. The molecule has 0 aromatic carbocycles. The summed E-state index contributed by atoms with van der Waals surface area (Å²) in [6.45, 7) is 4.85. The summed E-state index contributed by atoms with van der Waals surface area (Å²) in [5.74, 6) is -1.06. The molecule has 0 aliphatic heterocycles. The van der Waals surface area contributed by atoms with Crippen molar-refractivity contribution in [3.05, 3.63) is 0 Å². The highest BCUT2D eigenvalue weighted by atomic mass is 19.4. The first-order chi connectivity index (χ1) is 11.1. The van der Waals surface area contributed by atoms with Crippen LogP contribution < -0.4 is 5.32 Å². The van der Waals surface area contributed by atoms with Gasteiger partial charge < -0.3 is 14.8 Å². The van der Waals surface area contributed by atoms with Gasteiger partial charge in [-0.25, -0.2) is 0 Å². The zero-order valence-corrected chi connectivity index (χ0v) is 14.6. The number of hydrogen-bond acceptors (Lipinski definition) is 4. The summed E-state index contributed by atoms with van der Waals surface area (Å²) in [6, 6.07) is 0. The van der Waals surface area contributed by atoms with Crippen molar-refractivity contribution in [1.82, 2.24) is 5.32 Å². The van der Waals surface area contributed by atoms with Gasteiger partial charge in [0.1, 0.15) is 5.60 Å². The summed E-state index contributed by atoms with van der Waals surface area (Å²) < 4.78 is 45.2. The lowest BCUT2D eigenvalue weighted by Gasteiger charge is -2.24. The Morgan fingerprint density at radius 3 is 2.29 bits per heavy atom. The maximum atomic E-state index is 12.0. The van der Waals surface area contributed by atoms with Crippen molar-refractivity contribution in [2.75, 3.05) is 19.8 Å². The first-order valence-corrected chi connectivity index (χ1v) is 8.23. The number of rotatable bonds is 12. The van der Waals surface area contributed by atoms with Gasteiger partial charge in [-0.1, -0.05) is 19.8 Å². The Labute approximate surface area is 141 Å². The number of esters is 1. The highest BCUT2D eigenvalue weighted by molar-refractivity contribution is 5.84. The fourth-order valence-electron chi connectivity index (χ4n) is 1.76. The third-order valence-electron chi connectivity index (χ3n) is 3.25. The van der Waals surface area contributed by atoms with E-state index in [1.807, 2.05) is 6.92 Å². The number of alkyl halides is 3. The second-order valence-corrected chi connectivity index (χ2v) is 6.05. The van der Waals surface area contributed by atoms with Crippen molar-refractivity contribution in [2.24, 2.45) is 0 Å². The van der Waals surface area contributed by atoms with Crippen LogP contribution in [0.1, 0.15) is 59.3 Å². The van der Waals surface area contributed by atoms with Crippen molar-refractivity contribution < 1.29 is 32.2 Å². The van der Waals surface area contributed by atoms with Crippen LogP contribution in [-0.4, -0.2) is 43.4 Å². The van der Waals surface area contributed by atoms with Gasteiger partial charge in [-0.2, -0.15) is 13.2 Å². The Bertz CT molecular complexity index is 384. The summed E-state index contributed by atoms with van der Waals surface area (Å²) in [7, 11) is 0. The molecule has 0 aliphatic rings. The zero-order chi connectivity index (χ0) is 18.6. The number of carbonyl (C=O) groups excluding carboxylic acids is 2. The van der Waals surface area contributed by atoms with Gasteiger partial charge >= 0.3 is 12.1 Å². The van der Waals surface area contributed by atoms with Crippen LogP contribution in [0, 0.1) is 0 Å². The SMILES string of the molecule is CCCCOC(C)(C)C(=O)NCCCCCC(=O)OCC(F)(F)F. The molecule has 0 spiro atoms. The molecule has 0 saturated heterocycles. The molecule has 0 radical (unpaired) electrons. The molecule has 142 valence electrons. The number of ether oxygens (including phenoxy) is 2. The molecule has 1 N–H and O–H groups in total. The Kier molecular flexibility index (Phi) is 10.7. The fourth-order valence-corrected chi connectivity index (χ4v) is 1.76. The minimum atomic E-state index is -4.49. The van der Waals surface area contributed by atoms with E-state index in [0.29, 0.717) is 32.4 Å². The van der Waals surface area contributed by atoms with Crippen LogP contribution in [0.15, 0.2) is 0 Å². The molecule has 0 aliphatic carbocycles. The van der Waals surface area contributed by atoms with Crippen LogP contribution in [0.25, 0.3) is 0 Å². The monoisotopic (exact) mass is 355 g/mol. The van der Waals surface area contributed by atoms with Gasteiger partial charge in [0.15, 0.2) is 6.61 Å². The molecule has 0 aromatic rings. The van der Waals surface area contributed by atoms with Crippen molar-refractivity contribution in [1.29, 1.82) is 0 Å². The third kappa shape index (κ3) is 12.2. The van der Waals surface area contributed by atoms with E-state index in [1.165, 1.54) is 0 Å². The Hall–Kier alpha value is -1.31. The van der Waals surface area contributed by atoms with Crippen LogP contribution in [-0.2, 0) is 19.1 Å². The molecule has 0 heterocycles. The van der Waals surface area contributed by atoms with E-state index in [0.717, 1.165) is 12.8 Å². The molecule has 0 aromatic heterocycles. The first-order valence-electron chi connectivity index (χ1n) is 8.23. The minimum Gasteiger partial charge on any atom is -0.456 e. The van der Waals surface area contributed by atoms with Crippen LogP contribution in [0.2, 0.25) is 0 Å². The predicted molar refractivity (Wildman–Crippen MR) is 83.4 cm³/mol. The van der Waals surface area contributed by atoms with Crippen molar-refractivity contribution in [3.8, 4) is 0 Å². The lowest BCUT2D eigenvalue weighted by Crippen LogP contribution is -2.44. The van der Waals surface area contributed by atoms with Gasteiger partial charge in [0, 0.05) is 19.6 Å². The Morgan fingerprint density at radius 2 is 1.71 bits per heavy atom. The largest absolute Gasteiger partial charge is 0.456 e. The molecular formula is C16H28F3NO4. The number of amides is 1. The second kappa shape index (κ2) is 11.3. The van der Waals surface area contributed by atoms with E-state index in [-0.39, 0.29) is 12.3 Å². The molecule has 8 heteroatoms. The molecule has 0 atom stereocenters. The average Bonchev–Trinajstić information content (AvgIpc) is 2.47. The maximum absolute atomic E-state index is 12.0. The summed E-state index contributed by atoms with van der Waals surface area (Å²) in [4.78, 5) is 23.0. The number of halogens is 3. The second-order valence-electron chi connectivity index (χ2n) is 6.05. The topological polar surface area (TPSA) is 64.6 Å². The summed E-state index contributed by atoms with van der Waals surface area (Å²) in [5, 5.41) is 2.75. The van der Waals surface area contributed by atoms with Gasteiger partial charge in [-0.15, -0.1) is 0 Å². The average molecular weight is 355 g/mol. The zero-order valence-electron chi connectivity index (χ0n) is 14.6. The van der Waals surface area contributed by atoms with E-state index in [9.17, 15) is 22.8 Å². The lowest BCUT2D eigenvalue weighted by atomic mass is 10.1. The van der Waals surface area contributed by atoms with Crippen LogP contribution in [0.5, 0.6) is 0 Å². The van der Waals surface area contributed by atoms with Gasteiger partial charge in [-0.3, -0.25) is 9.59 Å². The number of hydrogen-bond donors (Lipinski definition) is 1. The van der Waals surface area contributed by atoms with Gasteiger partial charge in [0.25, 0.3) is 5.91 Å². The van der Waals surface area contributed by atoms with E-state index >= 15 is 0 Å². The van der Waals surface area contributed by atoms with Gasteiger partial charge in [0.2, 0.25) is 0 Å². The molecule has 24 heavy (non-hydrogen) atoms. The van der Waals surface area contributed by atoms with E-state index in [1.54, 1.807) is 13.8 Å². The Morgan fingerprint density at radius 1 is 1.04 bits per heavy atom. The summed E-state index contributed by atoms with van der Waals surface area (Å²) in [6.07, 6.45) is -1.02. The molecule has 0 rings (SSSR count). The molecule has 0 unspecified atom stereocenters. The highest BCUT2D eigenvalue weighted by Crippen LogP contribution is 2.15. The molecule has 0 saturated carbocycles. The fraction of sp³-hybridized carbons (Fsp3) is 0.875. The van der Waals surface area contributed by atoms with Crippen LogP contribution >= 0.6 is 0 Å². The molecule has 0 bridgehead atoms. The van der Waals surface area contributed by atoms with Crippen molar-refractivity contribution >= 4 is 11.9 Å². The predicted octanol–water partition coefficient (Wildman–Crippen LogP) is 3.36. The van der Waals surface area contributed by atoms with E-state index < -0.39 is 24.4 Å². The normalized spacial score (nSPS) is 12.1. The van der Waals surface area contributed by atoms with Gasteiger partial charge in [-0.05, 0) is 33.1 Å². The van der Waals surface area contributed by atoms with Crippen LogP contribution in [0.3, 0.4) is 0 Å². The number of unbranched alkanes of at least 4 members (excludes halogenated alkanes) is 3. The van der Waals surface area contributed by atoms with E-state index in [2.05, 4.69) is 10.1 Å². The standard InChI is InChI=1S/C16H28F3NO4/c1-4-5-11-24-15(2,3)14(22)20-10-8-6-7-9-13(21)23-12-16(17,18)19/h4-12H2,1-3H3,(H,20,22). The van der Waals surface area contributed by atoms with E-state index in [4.69, 9.17) is 4.74 Å². The first kappa shape index (κ1) is 22.7. The smallest absolute Gasteiger partial charge is 0.422 e. The van der Waals surface area contributed by atoms with Gasteiger partial charge in [0.05, 0.1) is 0 Å². The molecule has 5 nitrogen and oxygen atoms in total. The third-order valence-corrected chi connectivity index (χ3v) is 3.25. The lowest BCUT2D eigenvalue weighted by molar-refractivity contribution is -0.186. The molecular weight excluding hydrogens is 327 g/mol. The summed E-state index contributed by atoms with van der Waals surface area (Å²) >= 11 is 0. The minimum absolute atomic E-state index is 0.0599. The summed E-state index contributed by atoms with van der Waals surface area (Å²) in [5.41, 5.74) is -0.892. The van der Waals surface area contributed by atoms with Crippen molar-refractivity contribution in [3.63, 3.8) is 0 Å². The molecule has 1 amide bonds. The quantitative estimate of drug-likeness (QED) is 0.431. The number of carbonyl (C=O) groups is 2.